The minimum Gasteiger partial charge on any atom is -0.484 e. The number of anilines is 2. The lowest BCUT2D eigenvalue weighted by atomic mass is 10.1. The molecule has 0 unspecified atom stereocenters. The van der Waals surface area contributed by atoms with Gasteiger partial charge < -0.3 is 24.7 Å². The monoisotopic (exact) mass is 657 g/mol. The molecule has 1 fully saturated rings. The molecule has 0 atom stereocenters. The highest BCUT2D eigenvalue weighted by molar-refractivity contribution is 7.99. The summed E-state index contributed by atoms with van der Waals surface area (Å²) in [5.41, 5.74) is 3.46. The van der Waals surface area contributed by atoms with Gasteiger partial charge in [-0.15, -0.1) is 11.8 Å². The van der Waals surface area contributed by atoms with Crippen molar-refractivity contribution in [1.29, 1.82) is 5.26 Å². The number of benzene rings is 2. The molecule has 4 aromatic rings. The molecule has 2 aromatic carbocycles. The summed E-state index contributed by atoms with van der Waals surface area (Å²) in [7, 11) is 1.33. The van der Waals surface area contributed by atoms with Gasteiger partial charge in [-0.1, -0.05) is 6.07 Å². The van der Waals surface area contributed by atoms with Gasteiger partial charge in [-0.25, -0.2) is 19.2 Å². The van der Waals surface area contributed by atoms with Gasteiger partial charge in [0, 0.05) is 18.0 Å². The fourth-order valence-electron chi connectivity index (χ4n) is 5.20. The number of methoxy groups -OCH3 is 1. The molecule has 0 saturated carbocycles. The molecular formula is C34H36FN7O4S. The van der Waals surface area contributed by atoms with E-state index in [0.717, 1.165) is 49.3 Å². The molecule has 1 amide bonds. The number of hydrogen-bond acceptors (Lipinski definition) is 10. The Hall–Kier alpha value is -4.93. The fourth-order valence-corrected chi connectivity index (χ4v) is 6.32. The third-order valence-corrected chi connectivity index (χ3v) is 8.99. The van der Waals surface area contributed by atoms with Crippen LogP contribution < -0.4 is 15.4 Å². The first-order valence-corrected chi connectivity index (χ1v) is 16.2. The van der Waals surface area contributed by atoms with Gasteiger partial charge in [0.2, 0.25) is 5.91 Å². The number of amides is 1. The standard InChI is InChI=1S/C34H36FN7O4S/c1-3-42-22-37-18-26(42)19-38-30-16-24(34(44)45-2)8-9-29(30)40-32(43)20-41-13-11-27(12-14-41)47-33-6-4-5-25(39-33)21-46-31-10-7-23(17-36)15-28(31)35/h4-10,15-16,18,22,27,38H,3,11-14,19-21H2,1-2H3,(H,40,43). The van der Waals surface area contributed by atoms with Crippen LogP contribution in [0.2, 0.25) is 0 Å². The summed E-state index contributed by atoms with van der Waals surface area (Å²) in [5.74, 6) is -1.11. The van der Waals surface area contributed by atoms with E-state index >= 15 is 0 Å². The number of aryl methyl sites for hydroxylation is 1. The molecule has 0 aliphatic carbocycles. The van der Waals surface area contributed by atoms with Gasteiger partial charge in [-0.05, 0) is 81.4 Å². The van der Waals surface area contributed by atoms with Crippen molar-refractivity contribution < 1.29 is 23.5 Å². The van der Waals surface area contributed by atoms with Crippen LogP contribution in [0.15, 0.2) is 72.1 Å². The van der Waals surface area contributed by atoms with E-state index in [9.17, 15) is 14.0 Å². The second-order valence-electron chi connectivity index (χ2n) is 10.9. The van der Waals surface area contributed by atoms with Crippen LogP contribution in [0.25, 0.3) is 0 Å². The predicted molar refractivity (Wildman–Crippen MR) is 177 cm³/mol. The summed E-state index contributed by atoms with van der Waals surface area (Å²) in [6.07, 6.45) is 5.33. The summed E-state index contributed by atoms with van der Waals surface area (Å²) in [4.78, 5) is 36.3. The van der Waals surface area contributed by atoms with Crippen molar-refractivity contribution in [1.82, 2.24) is 19.4 Å². The number of ether oxygens (including phenoxy) is 2. The molecule has 0 radical (unpaired) electrons. The largest absolute Gasteiger partial charge is 0.484 e. The third-order valence-electron chi connectivity index (χ3n) is 7.72. The maximum Gasteiger partial charge on any atom is 0.337 e. The number of hydrogen-bond donors (Lipinski definition) is 2. The molecular weight excluding hydrogens is 621 g/mol. The van der Waals surface area contributed by atoms with Crippen LogP contribution in [-0.4, -0.2) is 63.3 Å². The number of esters is 1. The van der Waals surface area contributed by atoms with Crippen LogP contribution in [0.1, 0.15) is 47.1 Å². The van der Waals surface area contributed by atoms with Crippen LogP contribution in [-0.2, 0) is 29.2 Å². The maximum atomic E-state index is 14.2. The highest BCUT2D eigenvalue weighted by Crippen LogP contribution is 2.30. The lowest BCUT2D eigenvalue weighted by molar-refractivity contribution is -0.117. The van der Waals surface area contributed by atoms with Gasteiger partial charge in [-0.3, -0.25) is 9.69 Å². The highest BCUT2D eigenvalue weighted by atomic mass is 32.2. The number of nitriles is 1. The first-order valence-electron chi connectivity index (χ1n) is 15.3. The van der Waals surface area contributed by atoms with Crippen molar-refractivity contribution in [3.8, 4) is 11.8 Å². The van der Waals surface area contributed by atoms with E-state index in [1.54, 1.807) is 42.5 Å². The Morgan fingerprint density at radius 3 is 2.70 bits per heavy atom. The number of thioether (sulfide) groups is 1. The summed E-state index contributed by atoms with van der Waals surface area (Å²) in [6.45, 7) is 5.16. The summed E-state index contributed by atoms with van der Waals surface area (Å²) < 4.78 is 26.7. The van der Waals surface area contributed by atoms with Gasteiger partial charge in [0.05, 0.1) is 71.5 Å². The number of carbonyl (C=O) groups excluding carboxylic acids is 2. The first-order chi connectivity index (χ1) is 22.8. The molecule has 11 nitrogen and oxygen atoms in total. The smallest absolute Gasteiger partial charge is 0.337 e. The van der Waals surface area contributed by atoms with Crippen molar-refractivity contribution in [2.24, 2.45) is 0 Å². The average molecular weight is 658 g/mol. The Morgan fingerprint density at radius 1 is 1.13 bits per heavy atom. The second kappa shape index (κ2) is 16.1. The van der Waals surface area contributed by atoms with Gasteiger partial charge >= 0.3 is 5.97 Å². The molecule has 13 heteroatoms. The number of carbonyl (C=O) groups is 2. The lowest BCUT2D eigenvalue weighted by Crippen LogP contribution is -2.40. The van der Waals surface area contributed by atoms with Gasteiger partial charge in [0.1, 0.15) is 6.61 Å². The van der Waals surface area contributed by atoms with E-state index in [1.165, 1.54) is 19.2 Å². The molecule has 244 valence electrons. The number of likely N-dealkylation sites (tertiary alicyclic amines) is 1. The van der Waals surface area contributed by atoms with Gasteiger partial charge in [0.15, 0.2) is 11.6 Å². The Kier molecular flexibility index (Phi) is 11.4. The quantitative estimate of drug-likeness (QED) is 0.178. The Balaban J connectivity index is 1.12. The number of rotatable bonds is 13. The minimum atomic E-state index is -0.584. The minimum absolute atomic E-state index is 0.0751. The van der Waals surface area contributed by atoms with E-state index in [1.807, 2.05) is 35.8 Å². The Labute approximate surface area is 277 Å². The Bertz CT molecular complexity index is 1750. The van der Waals surface area contributed by atoms with Crippen LogP contribution in [0.4, 0.5) is 15.8 Å². The number of pyridine rings is 1. The third kappa shape index (κ3) is 9.08. The number of halogens is 1. The van der Waals surface area contributed by atoms with Crippen molar-refractivity contribution in [3.05, 3.63) is 95.5 Å². The number of aromatic nitrogens is 3. The van der Waals surface area contributed by atoms with Crippen LogP contribution in [0.3, 0.4) is 0 Å². The van der Waals surface area contributed by atoms with Crippen LogP contribution in [0, 0.1) is 17.1 Å². The molecule has 5 rings (SSSR count). The normalized spacial score (nSPS) is 13.5. The molecule has 1 aliphatic heterocycles. The van der Waals surface area contributed by atoms with Crippen molar-refractivity contribution in [2.45, 2.75) is 49.7 Å². The summed E-state index contributed by atoms with van der Waals surface area (Å²) >= 11 is 1.69. The SMILES string of the molecule is CCn1cncc1CNc1cc(C(=O)OC)ccc1NC(=O)CN1CCC(Sc2cccc(COc3ccc(C#N)cc3F)n2)CC1. The number of imidazole rings is 1. The van der Waals surface area contributed by atoms with E-state index in [4.69, 9.17) is 14.7 Å². The lowest BCUT2D eigenvalue weighted by Gasteiger charge is -2.31. The summed E-state index contributed by atoms with van der Waals surface area (Å²) in [5, 5.41) is 16.5. The Morgan fingerprint density at radius 2 is 1.96 bits per heavy atom. The van der Waals surface area contributed by atoms with Crippen molar-refractivity contribution >= 4 is 35.0 Å². The molecule has 1 saturated heterocycles. The zero-order valence-corrected chi connectivity index (χ0v) is 27.1. The zero-order valence-electron chi connectivity index (χ0n) is 26.2. The number of nitrogens with zero attached hydrogens (tertiary/aromatic N) is 5. The van der Waals surface area contributed by atoms with Crippen LogP contribution >= 0.6 is 11.8 Å². The van der Waals surface area contributed by atoms with E-state index < -0.39 is 11.8 Å². The number of piperidine rings is 1. The molecule has 0 bridgehead atoms. The van der Waals surface area contributed by atoms with Crippen LogP contribution in [0.5, 0.6) is 5.75 Å². The molecule has 1 aliphatic rings. The fraction of sp³-hybridized carbons (Fsp3) is 0.324. The average Bonchev–Trinajstić information content (AvgIpc) is 3.55. The molecule has 0 spiro atoms. The highest BCUT2D eigenvalue weighted by Gasteiger charge is 2.23. The van der Waals surface area contributed by atoms with E-state index in [0.29, 0.717) is 34.4 Å². The van der Waals surface area contributed by atoms with E-state index in [2.05, 4.69) is 25.5 Å². The van der Waals surface area contributed by atoms with Crippen molar-refractivity contribution in [3.63, 3.8) is 0 Å². The van der Waals surface area contributed by atoms with Gasteiger partial charge in [-0.2, -0.15) is 5.26 Å². The topological polar surface area (TPSA) is 134 Å². The molecule has 47 heavy (non-hydrogen) atoms. The predicted octanol–water partition coefficient (Wildman–Crippen LogP) is 5.48. The zero-order chi connectivity index (χ0) is 33.2. The molecule has 3 heterocycles. The number of nitrogens with one attached hydrogen (secondary N) is 2. The molecule has 2 aromatic heterocycles. The first kappa shape index (κ1) is 33.4. The molecule has 2 N–H and O–H groups in total. The van der Waals surface area contributed by atoms with Crippen molar-refractivity contribution in [2.75, 3.05) is 37.4 Å². The van der Waals surface area contributed by atoms with E-state index in [-0.39, 0.29) is 30.4 Å². The maximum absolute atomic E-state index is 14.2. The second-order valence-corrected chi connectivity index (χ2v) is 12.3. The summed E-state index contributed by atoms with van der Waals surface area (Å²) in [6, 6.07) is 16.7. The van der Waals surface area contributed by atoms with Gasteiger partial charge in [0.25, 0.3) is 0 Å².